The lowest BCUT2D eigenvalue weighted by Gasteiger charge is -2.33. The molecule has 1 amide bonds. The van der Waals surface area contributed by atoms with E-state index >= 15 is 0 Å². The Hall–Kier alpha value is -2.03. The molecule has 3 rings (SSSR count). The molecule has 1 saturated heterocycles. The number of hydrogen-bond acceptors (Lipinski definition) is 5. The Balaban J connectivity index is 1.72. The van der Waals surface area contributed by atoms with Crippen LogP contribution in [0.5, 0.6) is 0 Å². The van der Waals surface area contributed by atoms with Crippen molar-refractivity contribution in [1.82, 2.24) is 9.21 Å². The van der Waals surface area contributed by atoms with Crippen molar-refractivity contribution in [3.63, 3.8) is 0 Å². The maximum atomic E-state index is 12.9. The number of nitrogens with zero attached hydrogens (tertiary/aromatic N) is 2. The van der Waals surface area contributed by atoms with Crippen LogP contribution >= 0.6 is 11.3 Å². The molecule has 1 aromatic carbocycles. The topological polar surface area (TPSA) is 74.8 Å². The molecule has 0 N–H and O–H groups in total. The summed E-state index contributed by atoms with van der Waals surface area (Å²) < 4.78 is 27.1. The Morgan fingerprint density at radius 2 is 1.70 bits per heavy atom. The minimum Gasteiger partial charge on any atom is -0.335 e. The van der Waals surface area contributed by atoms with Crippen LogP contribution < -0.4 is 0 Å². The van der Waals surface area contributed by atoms with Crippen molar-refractivity contribution in [1.29, 1.82) is 0 Å². The zero-order chi connectivity index (χ0) is 19.8. The van der Waals surface area contributed by atoms with E-state index in [2.05, 4.69) is 0 Å². The molecule has 2 heterocycles. The first-order chi connectivity index (χ1) is 12.7. The van der Waals surface area contributed by atoms with E-state index in [1.165, 1.54) is 34.7 Å². The highest BCUT2D eigenvalue weighted by atomic mass is 32.2. The summed E-state index contributed by atoms with van der Waals surface area (Å²) in [5.41, 5.74) is 1.46. The number of hydrogen-bond donors (Lipinski definition) is 0. The Morgan fingerprint density at radius 1 is 1.04 bits per heavy atom. The molecular weight excluding hydrogens is 384 g/mol. The van der Waals surface area contributed by atoms with E-state index in [-0.39, 0.29) is 29.7 Å². The van der Waals surface area contributed by atoms with Gasteiger partial charge < -0.3 is 4.90 Å². The lowest BCUT2D eigenvalue weighted by Crippen LogP contribution is -2.50. The average Bonchev–Trinajstić information content (AvgIpc) is 3.00. The smallest absolute Gasteiger partial charge is 0.264 e. The molecule has 0 saturated carbocycles. The van der Waals surface area contributed by atoms with Gasteiger partial charge in [-0.05, 0) is 44.5 Å². The maximum Gasteiger partial charge on any atom is 0.264 e. The minimum absolute atomic E-state index is 0.0492. The van der Waals surface area contributed by atoms with Gasteiger partial charge in [-0.2, -0.15) is 4.31 Å². The number of rotatable bonds is 4. The van der Waals surface area contributed by atoms with Gasteiger partial charge in [0.05, 0.1) is 9.77 Å². The molecule has 1 aliphatic rings. The third kappa shape index (κ3) is 3.97. The highest BCUT2D eigenvalue weighted by Gasteiger charge is 2.31. The normalized spacial score (nSPS) is 15.7. The Labute approximate surface area is 163 Å². The lowest BCUT2D eigenvalue weighted by atomic mass is 10.2. The van der Waals surface area contributed by atoms with E-state index in [1.54, 1.807) is 17.0 Å². The van der Waals surface area contributed by atoms with Crippen molar-refractivity contribution in [3.8, 4) is 0 Å². The molecule has 0 spiro atoms. The highest BCUT2D eigenvalue weighted by Crippen LogP contribution is 2.24. The zero-order valence-corrected chi connectivity index (χ0v) is 17.2. The summed E-state index contributed by atoms with van der Waals surface area (Å²) in [7, 11) is -3.69. The second-order valence-corrected chi connectivity index (χ2v) is 9.82. The van der Waals surface area contributed by atoms with Crippen LogP contribution in [0.25, 0.3) is 0 Å². The number of benzene rings is 1. The quantitative estimate of drug-likeness (QED) is 0.732. The van der Waals surface area contributed by atoms with Gasteiger partial charge in [0, 0.05) is 36.6 Å². The second-order valence-electron chi connectivity index (χ2n) is 6.63. The van der Waals surface area contributed by atoms with Crippen LogP contribution in [0.2, 0.25) is 0 Å². The minimum atomic E-state index is -3.69. The van der Waals surface area contributed by atoms with Crippen LogP contribution in [-0.2, 0) is 10.0 Å². The number of piperazine rings is 1. The van der Waals surface area contributed by atoms with Crippen molar-refractivity contribution >= 4 is 33.1 Å². The molecule has 2 aromatic rings. The number of aryl methyl sites for hydroxylation is 2. The van der Waals surface area contributed by atoms with E-state index < -0.39 is 10.0 Å². The molecule has 27 heavy (non-hydrogen) atoms. The number of carbonyl (C=O) groups is 2. The number of sulfonamides is 1. The van der Waals surface area contributed by atoms with Gasteiger partial charge >= 0.3 is 0 Å². The van der Waals surface area contributed by atoms with E-state index in [1.807, 2.05) is 19.9 Å². The van der Waals surface area contributed by atoms with Gasteiger partial charge in [-0.15, -0.1) is 11.3 Å². The van der Waals surface area contributed by atoms with E-state index in [0.29, 0.717) is 23.5 Å². The summed E-state index contributed by atoms with van der Waals surface area (Å²) in [6.45, 7) is 6.53. The van der Waals surface area contributed by atoms with Crippen LogP contribution in [0.15, 0.2) is 35.2 Å². The van der Waals surface area contributed by atoms with E-state index in [0.717, 1.165) is 10.4 Å². The molecule has 1 aliphatic heterocycles. The van der Waals surface area contributed by atoms with Crippen LogP contribution in [0, 0.1) is 13.8 Å². The predicted molar refractivity (Wildman–Crippen MR) is 105 cm³/mol. The molecule has 8 heteroatoms. The number of amides is 1. The van der Waals surface area contributed by atoms with Crippen LogP contribution in [0.3, 0.4) is 0 Å². The fraction of sp³-hybridized carbons (Fsp3) is 0.368. The van der Waals surface area contributed by atoms with Crippen LogP contribution in [0.4, 0.5) is 0 Å². The van der Waals surface area contributed by atoms with Gasteiger partial charge in [-0.3, -0.25) is 9.59 Å². The third-order valence-corrected chi connectivity index (χ3v) is 7.82. The van der Waals surface area contributed by atoms with Crippen molar-refractivity contribution in [2.45, 2.75) is 25.7 Å². The SMILES string of the molecule is CC(=O)c1cccc(S(=O)(=O)N2CCN(C(=O)c3cc(C)c(C)s3)CC2)c1. The van der Waals surface area contributed by atoms with Gasteiger partial charge in [0.15, 0.2) is 5.78 Å². The second kappa shape index (κ2) is 7.53. The van der Waals surface area contributed by atoms with Crippen molar-refractivity contribution in [2.24, 2.45) is 0 Å². The molecule has 0 atom stereocenters. The van der Waals surface area contributed by atoms with Crippen LogP contribution in [0.1, 0.15) is 37.4 Å². The van der Waals surface area contributed by atoms with Crippen LogP contribution in [-0.4, -0.2) is 55.5 Å². The summed E-state index contributed by atoms with van der Waals surface area (Å²) in [6, 6.07) is 7.97. The number of ketones is 1. The zero-order valence-electron chi connectivity index (χ0n) is 15.6. The third-order valence-electron chi connectivity index (χ3n) is 4.78. The standard InChI is InChI=1S/C19H22N2O4S2/c1-13-11-18(26-15(13)3)19(23)20-7-9-21(10-8-20)27(24,25)17-6-4-5-16(12-17)14(2)22/h4-6,11-12H,7-10H2,1-3H3. The summed E-state index contributed by atoms with van der Waals surface area (Å²) in [5, 5.41) is 0. The Kier molecular flexibility index (Phi) is 5.50. The summed E-state index contributed by atoms with van der Waals surface area (Å²) in [4.78, 5) is 27.8. The molecule has 0 aliphatic carbocycles. The van der Waals surface area contributed by atoms with Gasteiger partial charge in [0.1, 0.15) is 0 Å². The number of carbonyl (C=O) groups excluding carboxylic acids is 2. The molecule has 144 valence electrons. The van der Waals surface area contributed by atoms with E-state index in [9.17, 15) is 18.0 Å². The molecule has 1 fully saturated rings. The van der Waals surface area contributed by atoms with Crippen molar-refractivity contribution < 1.29 is 18.0 Å². The molecule has 1 aromatic heterocycles. The monoisotopic (exact) mass is 406 g/mol. The van der Waals surface area contributed by atoms with Gasteiger partial charge in [-0.1, -0.05) is 12.1 Å². The van der Waals surface area contributed by atoms with Gasteiger partial charge in [0.2, 0.25) is 10.0 Å². The first-order valence-electron chi connectivity index (χ1n) is 8.67. The lowest BCUT2D eigenvalue weighted by molar-refractivity contribution is 0.0702. The van der Waals surface area contributed by atoms with Gasteiger partial charge in [0.25, 0.3) is 5.91 Å². The first kappa shape index (κ1) is 19.7. The summed E-state index contributed by atoms with van der Waals surface area (Å²) >= 11 is 1.47. The fourth-order valence-corrected chi connectivity index (χ4v) is 5.46. The van der Waals surface area contributed by atoms with Gasteiger partial charge in [-0.25, -0.2) is 8.42 Å². The molecule has 0 bridgehead atoms. The Morgan fingerprint density at radius 3 is 2.26 bits per heavy atom. The largest absolute Gasteiger partial charge is 0.335 e. The number of thiophene rings is 1. The highest BCUT2D eigenvalue weighted by molar-refractivity contribution is 7.89. The number of Topliss-reactive ketones (excluding diaryl/α,β-unsaturated/α-hetero) is 1. The van der Waals surface area contributed by atoms with E-state index in [4.69, 9.17) is 0 Å². The molecular formula is C19H22N2O4S2. The molecule has 0 radical (unpaired) electrons. The van der Waals surface area contributed by atoms with Crippen molar-refractivity contribution in [2.75, 3.05) is 26.2 Å². The summed E-state index contributed by atoms with van der Waals surface area (Å²) in [6.07, 6.45) is 0. The summed E-state index contributed by atoms with van der Waals surface area (Å²) in [5.74, 6) is -0.226. The average molecular weight is 407 g/mol. The molecule has 6 nitrogen and oxygen atoms in total. The first-order valence-corrected chi connectivity index (χ1v) is 10.9. The predicted octanol–water partition coefficient (Wildman–Crippen LogP) is 2.71. The maximum absolute atomic E-state index is 12.9. The molecule has 0 unspecified atom stereocenters. The Bertz CT molecular complexity index is 967. The van der Waals surface area contributed by atoms with Crippen molar-refractivity contribution in [3.05, 3.63) is 51.2 Å². The fourth-order valence-electron chi connectivity index (χ4n) is 2.99.